The molecule has 0 amide bonds. The summed E-state index contributed by atoms with van der Waals surface area (Å²) in [5, 5.41) is 1.20. The molecule has 3 aromatic heterocycles. The van der Waals surface area contributed by atoms with E-state index in [1.165, 1.54) is 103 Å². The Balaban J connectivity index is 1.12. The van der Waals surface area contributed by atoms with Gasteiger partial charge < -0.3 is 0 Å². The van der Waals surface area contributed by atoms with Crippen molar-refractivity contribution in [2.24, 2.45) is 0 Å². The maximum Gasteiger partial charge on any atom is 0.0888 e. The third-order valence-electron chi connectivity index (χ3n) is 12.1. The molecule has 9 aromatic rings. The van der Waals surface area contributed by atoms with Crippen LogP contribution in [-0.4, -0.2) is 14.7 Å². The van der Waals surface area contributed by atoms with Crippen molar-refractivity contribution in [2.45, 2.75) is 22.5 Å². The van der Waals surface area contributed by atoms with Crippen LogP contribution in [0.5, 0.6) is 0 Å². The first-order chi connectivity index (χ1) is 28.1. The largest absolute Gasteiger partial charge is 0.259 e. The van der Waals surface area contributed by atoms with Crippen molar-refractivity contribution in [1.29, 1.82) is 0 Å². The minimum atomic E-state index is -0.0681. The standard InChI is InChI=1S/C53H34N2S2/c1-53-24-23-33(31-46(53)52-49(57-53)20-10-26-55-52)35-27-34(32-21-22-47-45(30-32)51-48(56-47)19-9-25-54-51)28-36(29-35)37-17-8-18-44-42-14-5-4-13-40(42)38-11-2-3-12-39(38)41-15-6-7-16-43(41)50(37)44/h2-31,46H,1H3. The highest BCUT2D eigenvalue weighted by molar-refractivity contribution is 8.01. The van der Waals surface area contributed by atoms with Gasteiger partial charge in [-0.15, -0.1) is 23.1 Å². The van der Waals surface area contributed by atoms with E-state index in [1.807, 2.05) is 41.6 Å². The van der Waals surface area contributed by atoms with Gasteiger partial charge in [0.2, 0.25) is 0 Å². The van der Waals surface area contributed by atoms with Crippen molar-refractivity contribution in [3.8, 4) is 66.8 Å². The first-order valence-electron chi connectivity index (χ1n) is 19.5. The van der Waals surface area contributed by atoms with Gasteiger partial charge in [-0.3, -0.25) is 9.97 Å². The van der Waals surface area contributed by atoms with Gasteiger partial charge in [0, 0.05) is 38.0 Å². The van der Waals surface area contributed by atoms with Gasteiger partial charge in [-0.1, -0.05) is 115 Å². The Bertz CT molecular complexity index is 3200. The average molecular weight is 763 g/mol. The summed E-state index contributed by atoms with van der Waals surface area (Å²) < 4.78 is 2.40. The second-order valence-electron chi connectivity index (χ2n) is 15.4. The van der Waals surface area contributed by atoms with E-state index in [9.17, 15) is 0 Å². The Morgan fingerprint density at radius 2 is 1.14 bits per heavy atom. The summed E-state index contributed by atoms with van der Waals surface area (Å²) in [5.41, 5.74) is 19.4. The lowest BCUT2D eigenvalue weighted by Crippen LogP contribution is -2.23. The fourth-order valence-electron chi connectivity index (χ4n) is 9.40. The molecule has 268 valence electrons. The SMILES string of the molecule is CC12C=CC(c3cc(-c4ccc5sc6cccnc6c5c4)cc(-c4cccc5c4-c4ccccc4-c4ccccc4-c4ccccc4-5)c3)=CC1c1ncccc1S2. The van der Waals surface area contributed by atoms with Gasteiger partial charge in [0.15, 0.2) is 0 Å². The third-order valence-corrected chi connectivity index (χ3v) is 14.6. The Morgan fingerprint density at radius 3 is 1.93 bits per heavy atom. The van der Waals surface area contributed by atoms with Crippen LogP contribution in [0.3, 0.4) is 0 Å². The molecule has 2 nitrogen and oxygen atoms in total. The van der Waals surface area contributed by atoms with Gasteiger partial charge in [0.05, 0.1) is 15.9 Å². The van der Waals surface area contributed by atoms with Gasteiger partial charge in [0.25, 0.3) is 0 Å². The van der Waals surface area contributed by atoms with Gasteiger partial charge >= 0.3 is 0 Å². The van der Waals surface area contributed by atoms with Gasteiger partial charge in [-0.05, 0) is 139 Å². The Hall–Kier alpha value is -6.33. The van der Waals surface area contributed by atoms with Crippen LogP contribution in [0.25, 0.3) is 92.6 Å². The molecule has 0 saturated carbocycles. The molecule has 4 heterocycles. The highest BCUT2D eigenvalue weighted by Gasteiger charge is 2.43. The summed E-state index contributed by atoms with van der Waals surface area (Å²) in [6.07, 6.45) is 11.1. The number of rotatable bonds is 3. The van der Waals surface area contributed by atoms with Crippen molar-refractivity contribution in [3.63, 3.8) is 0 Å². The van der Waals surface area contributed by atoms with E-state index in [2.05, 4.69) is 171 Å². The second kappa shape index (κ2) is 12.6. The van der Waals surface area contributed by atoms with Crippen LogP contribution in [0.1, 0.15) is 24.1 Å². The van der Waals surface area contributed by atoms with E-state index < -0.39 is 0 Å². The molecule has 0 radical (unpaired) electrons. The predicted molar refractivity (Wildman–Crippen MR) is 242 cm³/mol. The molecule has 0 bridgehead atoms. The van der Waals surface area contributed by atoms with Crippen molar-refractivity contribution in [3.05, 3.63) is 194 Å². The smallest absolute Gasteiger partial charge is 0.0888 e. The lowest BCUT2D eigenvalue weighted by molar-refractivity contribution is 0.685. The number of aromatic nitrogens is 2. The van der Waals surface area contributed by atoms with Crippen LogP contribution in [0.4, 0.5) is 0 Å². The average Bonchev–Trinajstić information content (AvgIpc) is 3.79. The summed E-state index contributed by atoms with van der Waals surface area (Å²) in [4.78, 5) is 11.0. The number of allylic oxidation sites excluding steroid dienone is 3. The molecular weight excluding hydrogens is 729 g/mol. The van der Waals surface area contributed by atoms with Gasteiger partial charge in [0.1, 0.15) is 0 Å². The lowest BCUT2D eigenvalue weighted by Gasteiger charge is -2.29. The molecule has 1 aliphatic heterocycles. The molecule has 2 unspecified atom stereocenters. The highest BCUT2D eigenvalue weighted by Crippen LogP contribution is 2.57. The quantitative estimate of drug-likeness (QED) is 0.179. The summed E-state index contributed by atoms with van der Waals surface area (Å²) in [5.74, 6) is 0.186. The Labute approximate surface area is 339 Å². The number of thiophene rings is 1. The third kappa shape index (κ3) is 5.11. The van der Waals surface area contributed by atoms with Crippen LogP contribution in [0.15, 0.2) is 187 Å². The Kier molecular flexibility index (Phi) is 7.26. The summed E-state index contributed by atoms with van der Waals surface area (Å²) >= 11 is 3.73. The summed E-state index contributed by atoms with van der Waals surface area (Å²) in [6, 6.07) is 56.2. The first-order valence-corrected chi connectivity index (χ1v) is 21.1. The molecule has 6 aromatic carbocycles. The van der Waals surface area contributed by atoms with Crippen LogP contribution < -0.4 is 0 Å². The van der Waals surface area contributed by atoms with Gasteiger partial charge in [-0.25, -0.2) is 0 Å². The van der Waals surface area contributed by atoms with E-state index in [0.717, 1.165) is 5.52 Å². The van der Waals surface area contributed by atoms with Crippen molar-refractivity contribution in [1.82, 2.24) is 9.97 Å². The maximum absolute atomic E-state index is 4.91. The van der Waals surface area contributed by atoms with E-state index in [0.29, 0.717) is 0 Å². The van der Waals surface area contributed by atoms with Gasteiger partial charge in [-0.2, -0.15) is 0 Å². The highest BCUT2D eigenvalue weighted by atomic mass is 32.2. The first kappa shape index (κ1) is 32.9. The number of nitrogens with zero attached hydrogens (tertiary/aromatic N) is 2. The Morgan fingerprint density at radius 1 is 0.509 bits per heavy atom. The molecule has 2 aliphatic carbocycles. The molecule has 2 atom stereocenters. The topological polar surface area (TPSA) is 25.8 Å². The number of hydrogen-bond acceptors (Lipinski definition) is 4. The van der Waals surface area contributed by atoms with E-state index >= 15 is 0 Å². The fourth-order valence-corrected chi connectivity index (χ4v) is 11.8. The minimum absolute atomic E-state index is 0.0681. The van der Waals surface area contributed by atoms with E-state index in [-0.39, 0.29) is 10.7 Å². The van der Waals surface area contributed by atoms with E-state index in [1.54, 1.807) is 0 Å². The number of benzene rings is 6. The number of pyridine rings is 2. The molecule has 0 fully saturated rings. The van der Waals surface area contributed by atoms with Crippen molar-refractivity contribution >= 4 is 49.0 Å². The maximum atomic E-state index is 4.91. The van der Waals surface area contributed by atoms with Crippen LogP contribution in [0, 0.1) is 0 Å². The number of hydrogen-bond donors (Lipinski definition) is 0. The number of fused-ring (bicyclic) bond motifs is 14. The van der Waals surface area contributed by atoms with Crippen LogP contribution in [0.2, 0.25) is 0 Å². The summed E-state index contributed by atoms with van der Waals surface area (Å²) in [6.45, 7) is 2.35. The lowest BCUT2D eigenvalue weighted by atomic mass is 9.78. The zero-order valence-corrected chi connectivity index (χ0v) is 32.7. The van der Waals surface area contributed by atoms with Crippen molar-refractivity contribution in [2.75, 3.05) is 0 Å². The molecule has 0 saturated heterocycles. The monoisotopic (exact) mass is 762 g/mol. The molecule has 0 spiro atoms. The number of thioether (sulfide) groups is 1. The second-order valence-corrected chi connectivity index (χ2v) is 18.0. The normalized spacial score (nSPS) is 17.4. The molecule has 3 aliphatic rings. The zero-order chi connectivity index (χ0) is 37.7. The predicted octanol–water partition coefficient (Wildman–Crippen LogP) is 14.8. The minimum Gasteiger partial charge on any atom is -0.259 e. The van der Waals surface area contributed by atoms with Crippen molar-refractivity contribution < 1.29 is 0 Å². The fraction of sp³-hybridized carbons (Fsp3) is 0.0566. The van der Waals surface area contributed by atoms with Crippen LogP contribution in [-0.2, 0) is 0 Å². The molecular formula is C53H34N2S2. The van der Waals surface area contributed by atoms with Crippen LogP contribution >= 0.6 is 23.1 Å². The van der Waals surface area contributed by atoms with E-state index in [4.69, 9.17) is 9.97 Å². The molecule has 12 rings (SSSR count). The zero-order valence-electron chi connectivity index (χ0n) is 31.1. The molecule has 0 N–H and O–H groups in total. The molecule has 4 heteroatoms. The molecule has 57 heavy (non-hydrogen) atoms. The summed E-state index contributed by atoms with van der Waals surface area (Å²) in [7, 11) is 0.